The number of ether oxygens (including phenoxy) is 1. The highest BCUT2D eigenvalue weighted by atomic mass is 19.4. The van der Waals surface area contributed by atoms with E-state index in [1.807, 2.05) is 16.8 Å². The van der Waals surface area contributed by atoms with Gasteiger partial charge in [-0.25, -0.2) is 0 Å². The summed E-state index contributed by atoms with van der Waals surface area (Å²) < 4.78 is 42.3. The van der Waals surface area contributed by atoms with E-state index in [0.717, 1.165) is 36.2 Å². The van der Waals surface area contributed by atoms with Crippen molar-refractivity contribution in [2.24, 2.45) is 5.73 Å². The molecule has 1 atom stereocenters. The van der Waals surface area contributed by atoms with Crippen LogP contribution in [0.3, 0.4) is 0 Å². The van der Waals surface area contributed by atoms with Crippen LogP contribution >= 0.6 is 0 Å². The predicted octanol–water partition coefficient (Wildman–Crippen LogP) is 3.71. The summed E-state index contributed by atoms with van der Waals surface area (Å²) in [6.07, 6.45) is 0.163. The predicted molar refractivity (Wildman–Crippen MR) is 72.3 cm³/mol. The average Bonchev–Trinajstić information content (AvgIpc) is 2.83. The molecule has 1 heterocycles. The molecule has 112 valence electrons. The fraction of sp³-hybridized carbons (Fsp3) is 0.333. The van der Waals surface area contributed by atoms with Crippen molar-refractivity contribution in [2.75, 3.05) is 0 Å². The molecule has 6 heteroatoms. The van der Waals surface area contributed by atoms with Crippen LogP contribution in [0.1, 0.15) is 30.1 Å². The minimum atomic E-state index is -4.67. The van der Waals surface area contributed by atoms with Crippen LogP contribution in [0.5, 0.6) is 5.75 Å². The van der Waals surface area contributed by atoms with E-state index in [-0.39, 0.29) is 11.8 Å². The molecule has 0 aliphatic heterocycles. The van der Waals surface area contributed by atoms with Crippen molar-refractivity contribution in [1.29, 1.82) is 0 Å². The van der Waals surface area contributed by atoms with Gasteiger partial charge in [0.1, 0.15) is 5.75 Å². The van der Waals surface area contributed by atoms with Crippen molar-refractivity contribution in [3.05, 3.63) is 47.8 Å². The Labute approximate surface area is 120 Å². The van der Waals surface area contributed by atoms with E-state index in [1.165, 1.54) is 12.1 Å². The lowest BCUT2D eigenvalue weighted by molar-refractivity contribution is -0.274. The molecule has 1 aromatic carbocycles. The van der Waals surface area contributed by atoms with Crippen LogP contribution in [0.25, 0.3) is 5.69 Å². The number of hydrogen-bond donors (Lipinski definition) is 1. The quantitative estimate of drug-likeness (QED) is 0.917. The molecule has 0 spiro atoms. The van der Waals surface area contributed by atoms with E-state index in [2.05, 4.69) is 4.74 Å². The maximum absolute atomic E-state index is 12.1. The first kappa shape index (κ1) is 14.0. The minimum absolute atomic E-state index is 0.0443. The SMILES string of the molecule is NC1CCCc2c1ccn2-c1ccc(OC(F)(F)F)cc1. The molecule has 1 aliphatic carbocycles. The monoisotopic (exact) mass is 296 g/mol. The molecule has 0 saturated heterocycles. The molecule has 0 bridgehead atoms. The Balaban J connectivity index is 1.88. The van der Waals surface area contributed by atoms with Gasteiger partial charge in [-0.1, -0.05) is 0 Å². The first-order chi connectivity index (χ1) is 9.94. The van der Waals surface area contributed by atoms with Gasteiger partial charge < -0.3 is 15.0 Å². The smallest absolute Gasteiger partial charge is 0.406 e. The fourth-order valence-electron chi connectivity index (χ4n) is 2.78. The summed E-state index contributed by atoms with van der Waals surface area (Å²) in [7, 11) is 0. The number of alkyl halides is 3. The van der Waals surface area contributed by atoms with Crippen molar-refractivity contribution in [1.82, 2.24) is 4.57 Å². The van der Waals surface area contributed by atoms with Gasteiger partial charge in [0, 0.05) is 23.6 Å². The third-order valence-electron chi connectivity index (χ3n) is 3.70. The molecule has 0 radical (unpaired) electrons. The molecule has 0 fully saturated rings. The maximum atomic E-state index is 12.1. The first-order valence-electron chi connectivity index (χ1n) is 6.76. The third-order valence-corrected chi connectivity index (χ3v) is 3.70. The number of benzene rings is 1. The number of nitrogens with two attached hydrogens (primary N) is 1. The van der Waals surface area contributed by atoms with Crippen LogP contribution in [0.2, 0.25) is 0 Å². The van der Waals surface area contributed by atoms with Gasteiger partial charge in [0.15, 0.2) is 0 Å². The Morgan fingerprint density at radius 1 is 1.14 bits per heavy atom. The van der Waals surface area contributed by atoms with Gasteiger partial charge in [0.25, 0.3) is 0 Å². The lowest BCUT2D eigenvalue weighted by atomic mass is 9.93. The zero-order valence-corrected chi connectivity index (χ0v) is 11.2. The van der Waals surface area contributed by atoms with E-state index in [0.29, 0.717) is 0 Å². The molecule has 1 unspecified atom stereocenters. The van der Waals surface area contributed by atoms with Gasteiger partial charge in [-0.2, -0.15) is 0 Å². The second-order valence-corrected chi connectivity index (χ2v) is 5.13. The molecular formula is C15H15F3N2O. The topological polar surface area (TPSA) is 40.2 Å². The summed E-state index contributed by atoms with van der Waals surface area (Å²) in [6, 6.07) is 7.89. The van der Waals surface area contributed by atoms with Crippen molar-refractivity contribution in [3.8, 4) is 11.4 Å². The Kier molecular flexibility index (Phi) is 3.41. The summed E-state index contributed by atoms with van der Waals surface area (Å²) in [4.78, 5) is 0. The maximum Gasteiger partial charge on any atom is 0.573 e. The van der Waals surface area contributed by atoms with Gasteiger partial charge in [-0.15, -0.1) is 13.2 Å². The summed E-state index contributed by atoms with van der Waals surface area (Å²) >= 11 is 0. The van der Waals surface area contributed by atoms with E-state index >= 15 is 0 Å². The third kappa shape index (κ3) is 2.90. The van der Waals surface area contributed by atoms with E-state index in [4.69, 9.17) is 5.73 Å². The van der Waals surface area contributed by atoms with Gasteiger partial charge in [-0.05, 0) is 55.2 Å². The lowest BCUT2D eigenvalue weighted by Crippen LogP contribution is -2.18. The molecule has 2 N–H and O–H groups in total. The average molecular weight is 296 g/mol. The van der Waals surface area contributed by atoms with E-state index < -0.39 is 6.36 Å². The zero-order chi connectivity index (χ0) is 15.0. The fourth-order valence-corrected chi connectivity index (χ4v) is 2.78. The van der Waals surface area contributed by atoms with E-state index in [9.17, 15) is 13.2 Å². The number of hydrogen-bond acceptors (Lipinski definition) is 2. The molecule has 3 rings (SSSR count). The lowest BCUT2D eigenvalue weighted by Gasteiger charge is -2.21. The normalized spacial score (nSPS) is 18.4. The standard InChI is InChI=1S/C15H15F3N2O/c16-15(17,18)21-11-6-4-10(5-7-11)20-9-8-12-13(19)2-1-3-14(12)20/h4-9,13H,1-3,19H2. The number of halogens is 3. The second kappa shape index (κ2) is 5.11. The van der Waals surface area contributed by atoms with Gasteiger partial charge in [0.05, 0.1) is 0 Å². The van der Waals surface area contributed by atoms with Gasteiger partial charge >= 0.3 is 6.36 Å². The van der Waals surface area contributed by atoms with E-state index in [1.54, 1.807) is 12.1 Å². The van der Waals surface area contributed by atoms with Crippen LogP contribution in [-0.2, 0) is 6.42 Å². The summed E-state index contributed by atoms with van der Waals surface area (Å²) in [5.41, 5.74) is 9.14. The molecule has 21 heavy (non-hydrogen) atoms. The van der Waals surface area contributed by atoms with Crippen molar-refractivity contribution < 1.29 is 17.9 Å². The Morgan fingerprint density at radius 3 is 2.52 bits per heavy atom. The number of fused-ring (bicyclic) bond motifs is 1. The van der Waals surface area contributed by atoms with Crippen LogP contribution in [0, 0.1) is 0 Å². The molecule has 0 amide bonds. The summed E-state index contributed by atoms with van der Waals surface area (Å²) in [5, 5.41) is 0. The van der Waals surface area contributed by atoms with Crippen LogP contribution < -0.4 is 10.5 Å². The Bertz CT molecular complexity index is 631. The van der Waals surface area contributed by atoms with Crippen molar-refractivity contribution >= 4 is 0 Å². The molecule has 3 nitrogen and oxygen atoms in total. The van der Waals surface area contributed by atoms with Crippen molar-refractivity contribution in [3.63, 3.8) is 0 Å². The largest absolute Gasteiger partial charge is 0.573 e. The van der Waals surface area contributed by atoms with Crippen LogP contribution in [-0.4, -0.2) is 10.9 Å². The highest BCUT2D eigenvalue weighted by Crippen LogP contribution is 2.31. The highest BCUT2D eigenvalue weighted by molar-refractivity contribution is 5.42. The number of nitrogens with zero attached hydrogens (tertiary/aromatic N) is 1. The Morgan fingerprint density at radius 2 is 1.86 bits per heavy atom. The van der Waals surface area contributed by atoms with Gasteiger partial charge in [-0.3, -0.25) is 0 Å². The first-order valence-corrected chi connectivity index (χ1v) is 6.76. The van der Waals surface area contributed by atoms with Crippen molar-refractivity contribution in [2.45, 2.75) is 31.7 Å². The molecule has 1 aliphatic rings. The molecule has 0 saturated carbocycles. The highest BCUT2D eigenvalue weighted by Gasteiger charge is 2.31. The number of aromatic nitrogens is 1. The minimum Gasteiger partial charge on any atom is -0.406 e. The van der Waals surface area contributed by atoms with Crippen LogP contribution in [0.4, 0.5) is 13.2 Å². The zero-order valence-electron chi connectivity index (χ0n) is 11.2. The summed E-state index contributed by atoms with van der Waals surface area (Å²) in [6.45, 7) is 0. The molecule has 1 aromatic heterocycles. The molecule has 2 aromatic rings. The molecular weight excluding hydrogens is 281 g/mol. The van der Waals surface area contributed by atoms with Crippen LogP contribution in [0.15, 0.2) is 36.5 Å². The summed E-state index contributed by atoms with van der Waals surface area (Å²) in [5.74, 6) is -0.219. The second-order valence-electron chi connectivity index (χ2n) is 5.13. The van der Waals surface area contributed by atoms with Gasteiger partial charge in [0.2, 0.25) is 0 Å². The Hall–Kier alpha value is -1.95. The number of rotatable bonds is 2.